The minimum absolute atomic E-state index is 0.0287. The van der Waals surface area contributed by atoms with Crippen molar-refractivity contribution in [1.82, 2.24) is 20.0 Å². The molecule has 40 heavy (non-hydrogen) atoms. The maximum atomic E-state index is 13.0. The summed E-state index contributed by atoms with van der Waals surface area (Å²) in [6, 6.07) is 21.0. The molecule has 0 aliphatic carbocycles. The van der Waals surface area contributed by atoms with Gasteiger partial charge in [-0.15, -0.1) is 11.6 Å². The number of aromatic nitrogens is 2. The quantitative estimate of drug-likeness (QED) is 0.258. The molecule has 2 atom stereocenters. The van der Waals surface area contributed by atoms with Gasteiger partial charge in [0, 0.05) is 28.5 Å². The highest BCUT2D eigenvalue weighted by Crippen LogP contribution is 2.41. The van der Waals surface area contributed by atoms with Gasteiger partial charge in [0.1, 0.15) is 28.7 Å². The Hall–Kier alpha value is -4.89. The number of fused-ring (bicyclic) bond motifs is 1. The predicted octanol–water partition coefficient (Wildman–Crippen LogP) is 4.99. The zero-order chi connectivity index (χ0) is 28.0. The molecule has 0 saturated carbocycles. The molecule has 1 saturated heterocycles. The second-order valence-electron chi connectivity index (χ2n) is 9.36. The van der Waals surface area contributed by atoms with Crippen LogP contribution in [0.1, 0.15) is 39.0 Å². The first-order valence-corrected chi connectivity index (χ1v) is 13.0. The molecule has 1 fully saturated rings. The summed E-state index contributed by atoms with van der Waals surface area (Å²) in [4.78, 5) is 34.5. The number of hydrazine groups is 1. The van der Waals surface area contributed by atoms with Crippen LogP contribution in [0.3, 0.4) is 0 Å². The van der Waals surface area contributed by atoms with E-state index in [-0.39, 0.29) is 5.88 Å². The highest BCUT2D eigenvalue weighted by Gasteiger charge is 2.49. The Bertz CT molecular complexity index is 1710. The van der Waals surface area contributed by atoms with Gasteiger partial charge < -0.3 is 9.84 Å². The molecule has 9 nitrogen and oxygen atoms in total. The van der Waals surface area contributed by atoms with Crippen LogP contribution in [0.25, 0.3) is 17.3 Å². The number of allylic oxidation sites excluding steroid dienone is 1. The Morgan fingerprint density at radius 2 is 1.80 bits per heavy atom. The van der Waals surface area contributed by atoms with E-state index in [1.54, 1.807) is 54.1 Å². The van der Waals surface area contributed by atoms with Crippen LogP contribution in [0.4, 0.5) is 5.69 Å². The third-order valence-electron chi connectivity index (χ3n) is 6.99. The van der Waals surface area contributed by atoms with E-state index in [0.717, 1.165) is 16.8 Å². The highest BCUT2D eigenvalue weighted by atomic mass is 35.5. The fraction of sp³-hybridized carbons (Fsp3) is 0.133. The van der Waals surface area contributed by atoms with Crippen molar-refractivity contribution >= 4 is 47.0 Å². The molecule has 2 N–H and O–H groups in total. The molecule has 0 radical (unpaired) electrons. The van der Waals surface area contributed by atoms with Crippen LogP contribution in [-0.4, -0.2) is 50.2 Å². The first kappa shape index (κ1) is 25.4. The number of carbonyl (C=O) groups excluding carboxylic acids is 2. The van der Waals surface area contributed by atoms with Gasteiger partial charge in [0.2, 0.25) is 5.88 Å². The van der Waals surface area contributed by atoms with Gasteiger partial charge in [-0.2, -0.15) is 0 Å². The summed E-state index contributed by atoms with van der Waals surface area (Å²) in [5.41, 5.74) is 7.41. The molecule has 2 unspecified atom stereocenters. The van der Waals surface area contributed by atoms with Crippen molar-refractivity contribution < 1.29 is 19.4 Å². The number of halogens is 1. The smallest absolute Gasteiger partial charge is 0.269 e. The van der Waals surface area contributed by atoms with Gasteiger partial charge in [-0.25, -0.2) is 9.99 Å². The minimum atomic E-state index is -0.820. The van der Waals surface area contributed by atoms with Crippen molar-refractivity contribution in [3.8, 4) is 17.3 Å². The Morgan fingerprint density at radius 1 is 1.07 bits per heavy atom. The Labute approximate surface area is 235 Å². The number of alkyl halides is 1. The molecule has 3 heterocycles. The van der Waals surface area contributed by atoms with Gasteiger partial charge in [0.15, 0.2) is 0 Å². The standard InChI is InChI=1S/C30H24ClN5O4/c1-17-33-24(15-19-16-32-23-9-5-3-7-21(19)23)29(38)35(17)20-13-11-18(12-14-20)28(37)34-36-27(26(31)30(36)39)22-8-4-6-10-25(22)40-2/h3-16,26-27,38H,1-2H3,(H,34,37)/b19-15+. The maximum absolute atomic E-state index is 13.0. The van der Waals surface area contributed by atoms with E-state index in [2.05, 4.69) is 15.4 Å². The van der Waals surface area contributed by atoms with Crippen LogP contribution >= 0.6 is 11.6 Å². The number of methoxy groups -OCH3 is 1. The summed E-state index contributed by atoms with van der Waals surface area (Å²) in [6.07, 6.45) is 3.54. The predicted molar refractivity (Wildman–Crippen MR) is 152 cm³/mol. The number of aryl methyl sites for hydroxylation is 1. The van der Waals surface area contributed by atoms with E-state index in [9.17, 15) is 14.7 Å². The number of β-lactam (4-membered cyclic amide) rings is 1. The Kier molecular flexibility index (Phi) is 6.36. The van der Waals surface area contributed by atoms with E-state index < -0.39 is 23.2 Å². The lowest BCUT2D eigenvalue weighted by molar-refractivity contribution is -0.149. The number of ether oxygens (including phenoxy) is 1. The lowest BCUT2D eigenvalue weighted by Gasteiger charge is -2.44. The lowest BCUT2D eigenvalue weighted by Crippen LogP contribution is -2.63. The van der Waals surface area contributed by atoms with Crippen molar-refractivity contribution in [3.05, 3.63) is 101 Å². The van der Waals surface area contributed by atoms with Gasteiger partial charge in [-0.3, -0.25) is 24.6 Å². The Balaban J connectivity index is 1.21. The molecule has 10 heteroatoms. The third-order valence-corrected chi connectivity index (χ3v) is 7.42. The summed E-state index contributed by atoms with van der Waals surface area (Å²) >= 11 is 6.31. The van der Waals surface area contributed by atoms with E-state index in [1.165, 1.54) is 12.1 Å². The number of imidazole rings is 1. The van der Waals surface area contributed by atoms with Crippen LogP contribution in [0.15, 0.2) is 77.8 Å². The number of para-hydroxylation sites is 2. The molecule has 3 aromatic carbocycles. The number of amides is 2. The van der Waals surface area contributed by atoms with Crippen molar-refractivity contribution in [1.29, 1.82) is 0 Å². The summed E-state index contributed by atoms with van der Waals surface area (Å²) in [6.45, 7) is 1.79. The SMILES string of the molecule is COc1ccccc1C1C(Cl)C(=O)N1NC(=O)c1ccc(-n2c(C)nc(/C=C3\C=Nc4ccccc43)c2O)cc1. The number of rotatable bonds is 6. The molecule has 200 valence electrons. The number of nitrogens with one attached hydrogen (secondary N) is 1. The number of hydrogen-bond acceptors (Lipinski definition) is 6. The van der Waals surface area contributed by atoms with Gasteiger partial charge >= 0.3 is 0 Å². The number of aromatic hydroxyl groups is 1. The van der Waals surface area contributed by atoms with E-state index in [1.807, 2.05) is 42.5 Å². The normalized spacial score (nSPS) is 18.5. The van der Waals surface area contributed by atoms with Crippen molar-refractivity contribution in [2.75, 3.05) is 7.11 Å². The molecule has 1 aromatic heterocycles. The van der Waals surface area contributed by atoms with Crippen molar-refractivity contribution in [3.63, 3.8) is 0 Å². The molecular formula is C30H24ClN5O4. The van der Waals surface area contributed by atoms with Gasteiger partial charge in [-0.1, -0.05) is 36.4 Å². The second kappa shape index (κ2) is 10.0. The van der Waals surface area contributed by atoms with Crippen LogP contribution in [0.5, 0.6) is 11.6 Å². The third kappa shape index (κ3) is 4.20. The average Bonchev–Trinajstić information content (AvgIpc) is 3.52. The first-order chi connectivity index (χ1) is 19.4. The largest absolute Gasteiger partial charge is 0.496 e. The zero-order valence-corrected chi connectivity index (χ0v) is 22.3. The fourth-order valence-electron chi connectivity index (χ4n) is 4.97. The molecule has 2 aliphatic rings. The monoisotopic (exact) mass is 553 g/mol. The number of aliphatic imine (C=N–C) groups is 1. The summed E-state index contributed by atoms with van der Waals surface area (Å²) in [5.74, 6) is 0.240. The van der Waals surface area contributed by atoms with Gasteiger partial charge in [0.25, 0.3) is 11.8 Å². The van der Waals surface area contributed by atoms with Crippen LogP contribution in [0, 0.1) is 6.92 Å². The lowest BCUT2D eigenvalue weighted by atomic mass is 9.94. The molecule has 4 aromatic rings. The van der Waals surface area contributed by atoms with E-state index >= 15 is 0 Å². The topological polar surface area (TPSA) is 109 Å². The number of benzene rings is 3. The van der Waals surface area contributed by atoms with E-state index in [4.69, 9.17) is 16.3 Å². The first-order valence-electron chi connectivity index (χ1n) is 12.5. The zero-order valence-electron chi connectivity index (χ0n) is 21.6. The van der Waals surface area contributed by atoms with Gasteiger partial charge in [0.05, 0.1) is 18.5 Å². The molecule has 6 rings (SSSR count). The second-order valence-corrected chi connectivity index (χ2v) is 9.83. The Morgan fingerprint density at radius 3 is 2.58 bits per heavy atom. The van der Waals surface area contributed by atoms with Crippen LogP contribution in [0.2, 0.25) is 0 Å². The van der Waals surface area contributed by atoms with E-state index in [0.29, 0.717) is 34.1 Å². The van der Waals surface area contributed by atoms with Crippen LogP contribution < -0.4 is 10.2 Å². The summed E-state index contributed by atoms with van der Waals surface area (Å²) < 4.78 is 7.00. The van der Waals surface area contributed by atoms with Crippen LogP contribution in [-0.2, 0) is 4.79 Å². The number of hydrogen-bond donors (Lipinski definition) is 2. The average molecular weight is 554 g/mol. The number of nitrogens with zero attached hydrogens (tertiary/aromatic N) is 4. The maximum Gasteiger partial charge on any atom is 0.269 e. The summed E-state index contributed by atoms with van der Waals surface area (Å²) in [7, 11) is 1.54. The molecular weight excluding hydrogens is 530 g/mol. The number of carbonyl (C=O) groups is 2. The molecule has 0 spiro atoms. The molecule has 2 aliphatic heterocycles. The summed E-state index contributed by atoms with van der Waals surface area (Å²) in [5, 5.41) is 11.4. The molecule has 0 bridgehead atoms. The minimum Gasteiger partial charge on any atom is -0.496 e. The van der Waals surface area contributed by atoms with Crippen molar-refractivity contribution in [2.24, 2.45) is 4.99 Å². The highest BCUT2D eigenvalue weighted by molar-refractivity contribution is 6.33. The van der Waals surface area contributed by atoms with Gasteiger partial charge in [-0.05, 0) is 49.4 Å². The van der Waals surface area contributed by atoms with Crippen molar-refractivity contribution in [2.45, 2.75) is 18.3 Å². The fourth-order valence-corrected chi connectivity index (χ4v) is 5.32. The molecule has 2 amide bonds.